The predicted octanol–water partition coefficient (Wildman–Crippen LogP) is 0.422. The molecule has 0 saturated carbocycles. The monoisotopic (exact) mass is 289 g/mol. The minimum atomic E-state index is -0.221. The summed E-state index contributed by atoms with van der Waals surface area (Å²) in [5.74, 6) is -0.221. The topological polar surface area (TPSA) is 85.8 Å². The maximum atomic E-state index is 11.9. The summed E-state index contributed by atoms with van der Waals surface area (Å²) >= 11 is 4.83. The molecule has 2 aromatic heterocycles. The van der Waals surface area contributed by atoms with Crippen LogP contribution in [0.15, 0.2) is 30.6 Å². The van der Waals surface area contributed by atoms with Crippen LogP contribution in [0.1, 0.15) is 21.7 Å². The highest BCUT2D eigenvalue weighted by molar-refractivity contribution is 7.80. The van der Waals surface area contributed by atoms with Crippen molar-refractivity contribution < 1.29 is 4.79 Å². The molecule has 7 heteroatoms. The molecule has 0 spiro atoms. The van der Waals surface area contributed by atoms with Crippen LogP contribution in [-0.2, 0) is 13.5 Å². The second-order valence-corrected chi connectivity index (χ2v) is 4.69. The number of nitrogens with two attached hydrogens (primary N) is 1. The van der Waals surface area contributed by atoms with Crippen molar-refractivity contribution in [2.75, 3.05) is 6.54 Å². The zero-order valence-electron chi connectivity index (χ0n) is 11.0. The molecule has 0 saturated heterocycles. The Hall–Kier alpha value is -2.28. The SMILES string of the molecule is Cn1nccc1CCNC(=O)c1ccc(C(N)=S)cn1. The van der Waals surface area contributed by atoms with Gasteiger partial charge in [0.15, 0.2) is 0 Å². The standard InChI is InChI=1S/C13H15N5OS/c1-18-10(5-7-17-18)4-6-15-13(19)11-3-2-9(8-16-11)12(14)20/h2-3,5,7-8H,4,6H2,1H3,(H2,14,20)(H,15,19). The Balaban J connectivity index is 1.88. The van der Waals surface area contributed by atoms with Crippen molar-refractivity contribution in [3.8, 4) is 0 Å². The molecule has 0 aliphatic carbocycles. The van der Waals surface area contributed by atoms with Crippen LogP contribution in [0.5, 0.6) is 0 Å². The summed E-state index contributed by atoms with van der Waals surface area (Å²) in [6, 6.07) is 5.21. The van der Waals surface area contributed by atoms with Gasteiger partial charge in [-0.3, -0.25) is 14.5 Å². The quantitative estimate of drug-likeness (QED) is 0.779. The smallest absolute Gasteiger partial charge is 0.269 e. The van der Waals surface area contributed by atoms with Crippen LogP contribution in [0.2, 0.25) is 0 Å². The van der Waals surface area contributed by atoms with E-state index in [0.29, 0.717) is 24.2 Å². The average Bonchev–Trinajstić information content (AvgIpc) is 2.84. The lowest BCUT2D eigenvalue weighted by molar-refractivity contribution is 0.0949. The van der Waals surface area contributed by atoms with Crippen molar-refractivity contribution in [3.05, 3.63) is 47.5 Å². The number of nitrogens with zero attached hydrogens (tertiary/aromatic N) is 3. The van der Waals surface area contributed by atoms with Crippen molar-refractivity contribution >= 4 is 23.1 Å². The average molecular weight is 289 g/mol. The summed E-state index contributed by atoms with van der Waals surface area (Å²) in [6.07, 6.45) is 3.94. The fraction of sp³-hybridized carbons (Fsp3) is 0.231. The Bertz CT molecular complexity index is 620. The van der Waals surface area contributed by atoms with Crippen LogP contribution in [0.3, 0.4) is 0 Å². The predicted molar refractivity (Wildman–Crippen MR) is 79.4 cm³/mol. The molecule has 2 rings (SSSR count). The van der Waals surface area contributed by atoms with Crippen LogP contribution in [-0.4, -0.2) is 32.2 Å². The van der Waals surface area contributed by atoms with E-state index in [-0.39, 0.29) is 10.9 Å². The zero-order valence-corrected chi connectivity index (χ0v) is 11.9. The van der Waals surface area contributed by atoms with E-state index >= 15 is 0 Å². The molecular formula is C13H15N5OS. The Kier molecular flexibility index (Phi) is 4.41. The molecule has 0 fully saturated rings. The lowest BCUT2D eigenvalue weighted by Crippen LogP contribution is -2.27. The molecule has 0 aromatic carbocycles. The summed E-state index contributed by atoms with van der Waals surface area (Å²) in [4.78, 5) is 16.2. The minimum Gasteiger partial charge on any atom is -0.389 e. The largest absolute Gasteiger partial charge is 0.389 e. The number of aryl methyl sites for hydroxylation is 1. The maximum Gasteiger partial charge on any atom is 0.269 e. The van der Waals surface area contributed by atoms with Gasteiger partial charge in [-0.2, -0.15) is 5.10 Å². The number of amides is 1. The summed E-state index contributed by atoms with van der Waals surface area (Å²) in [6.45, 7) is 0.525. The van der Waals surface area contributed by atoms with Gasteiger partial charge in [0.2, 0.25) is 0 Å². The Morgan fingerprint density at radius 2 is 2.25 bits per heavy atom. The number of nitrogens with one attached hydrogen (secondary N) is 1. The number of aromatic nitrogens is 3. The van der Waals surface area contributed by atoms with Crippen molar-refractivity contribution in [1.82, 2.24) is 20.1 Å². The molecule has 0 bridgehead atoms. The van der Waals surface area contributed by atoms with Crippen LogP contribution >= 0.6 is 12.2 Å². The highest BCUT2D eigenvalue weighted by Crippen LogP contribution is 2.01. The first-order valence-electron chi connectivity index (χ1n) is 6.09. The molecule has 3 N–H and O–H groups in total. The summed E-state index contributed by atoms with van der Waals surface area (Å²) in [5, 5.41) is 6.87. The first-order valence-corrected chi connectivity index (χ1v) is 6.49. The zero-order chi connectivity index (χ0) is 14.5. The van der Waals surface area contributed by atoms with Gasteiger partial charge in [-0.1, -0.05) is 12.2 Å². The number of pyridine rings is 1. The Morgan fingerprint density at radius 1 is 1.45 bits per heavy atom. The fourth-order valence-electron chi connectivity index (χ4n) is 1.72. The van der Waals surface area contributed by atoms with Crippen molar-refractivity contribution in [2.24, 2.45) is 12.8 Å². The van der Waals surface area contributed by atoms with Crippen LogP contribution in [0.4, 0.5) is 0 Å². The number of hydrogen-bond acceptors (Lipinski definition) is 4. The van der Waals surface area contributed by atoms with Crippen LogP contribution < -0.4 is 11.1 Å². The Labute approximate surface area is 122 Å². The molecule has 6 nitrogen and oxygen atoms in total. The minimum absolute atomic E-state index is 0.221. The highest BCUT2D eigenvalue weighted by Gasteiger charge is 2.07. The molecule has 20 heavy (non-hydrogen) atoms. The van der Waals surface area contributed by atoms with Gasteiger partial charge in [-0.05, 0) is 18.2 Å². The summed E-state index contributed by atoms with van der Waals surface area (Å²) < 4.78 is 1.78. The highest BCUT2D eigenvalue weighted by atomic mass is 32.1. The number of carbonyl (C=O) groups is 1. The third kappa shape index (κ3) is 3.39. The fourth-order valence-corrected chi connectivity index (χ4v) is 1.84. The van der Waals surface area contributed by atoms with E-state index in [2.05, 4.69) is 15.4 Å². The molecule has 2 aromatic rings. The van der Waals surface area contributed by atoms with Gasteiger partial charge < -0.3 is 11.1 Å². The molecule has 2 heterocycles. The van der Waals surface area contributed by atoms with E-state index in [1.807, 2.05) is 13.1 Å². The van der Waals surface area contributed by atoms with Gasteiger partial charge in [0.25, 0.3) is 5.91 Å². The van der Waals surface area contributed by atoms with Crippen molar-refractivity contribution in [2.45, 2.75) is 6.42 Å². The molecule has 0 unspecified atom stereocenters. The van der Waals surface area contributed by atoms with E-state index in [0.717, 1.165) is 5.69 Å². The van der Waals surface area contributed by atoms with Crippen molar-refractivity contribution in [3.63, 3.8) is 0 Å². The van der Waals surface area contributed by atoms with E-state index in [1.165, 1.54) is 6.20 Å². The molecule has 0 atom stereocenters. The molecular weight excluding hydrogens is 274 g/mol. The third-order valence-corrected chi connectivity index (χ3v) is 3.11. The van der Waals surface area contributed by atoms with Gasteiger partial charge in [-0.15, -0.1) is 0 Å². The normalized spacial score (nSPS) is 10.2. The van der Waals surface area contributed by atoms with E-state index in [9.17, 15) is 4.79 Å². The summed E-state index contributed by atoms with van der Waals surface area (Å²) in [5.41, 5.74) is 7.52. The number of thiocarbonyl (C=S) groups is 1. The first-order chi connectivity index (χ1) is 9.58. The van der Waals surface area contributed by atoms with Gasteiger partial charge in [-0.25, -0.2) is 0 Å². The Morgan fingerprint density at radius 3 is 2.80 bits per heavy atom. The van der Waals surface area contributed by atoms with Gasteiger partial charge in [0.05, 0.1) is 0 Å². The molecule has 0 aliphatic heterocycles. The second kappa shape index (κ2) is 6.25. The van der Waals surface area contributed by atoms with E-state index in [1.54, 1.807) is 23.0 Å². The molecule has 0 radical (unpaired) electrons. The second-order valence-electron chi connectivity index (χ2n) is 4.25. The summed E-state index contributed by atoms with van der Waals surface area (Å²) in [7, 11) is 1.87. The van der Waals surface area contributed by atoms with E-state index in [4.69, 9.17) is 18.0 Å². The lowest BCUT2D eigenvalue weighted by atomic mass is 10.2. The molecule has 0 aliphatic rings. The van der Waals surface area contributed by atoms with Crippen LogP contribution in [0, 0.1) is 0 Å². The van der Waals surface area contributed by atoms with Gasteiger partial charge in [0.1, 0.15) is 10.7 Å². The van der Waals surface area contributed by atoms with Crippen LogP contribution in [0.25, 0.3) is 0 Å². The molecule has 1 amide bonds. The first kappa shape index (κ1) is 14.1. The van der Waals surface area contributed by atoms with Gasteiger partial charge >= 0.3 is 0 Å². The third-order valence-electron chi connectivity index (χ3n) is 2.87. The van der Waals surface area contributed by atoms with E-state index < -0.39 is 0 Å². The number of hydrogen-bond donors (Lipinski definition) is 2. The molecule has 104 valence electrons. The van der Waals surface area contributed by atoms with Gasteiger partial charge in [0, 0.05) is 43.7 Å². The maximum absolute atomic E-state index is 11.9. The van der Waals surface area contributed by atoms with Crippen molar-refractivity contribution in [1.29, 1.82) is 0 Å². The number of rotatable bonds is 5. The number of carbonyl (C=O) groups excluding carboxylic acids is 1. The lowest BCUT2D eigenvalue weighted by Gasteiger charge is -2.05.